The van der Waals surface area contributed by atoms with E-state index in [1.165, 1.54) is 17.1 Å². The molecule has 4 heteroatoms. The van der Waals surface area contributed by atoms with Gasteiger partial charge in [-0.15, -0.1) is 11.3 Å². The molecule has 0 spiro atoms. The fourth-order valence-electron chi connectivity index (χ4n) is 1.83. The van der Waals surface area contributed by atoms with Crippen molar-refractivity contribution in [3.8, 4) is 11.8 Å². The Morgan fingerprint density at radius 3 is 2.94 bits per heavy atom. The normalized spacial score (nSPS) is 12.3. The van der Waals surface area contributed by atoms with Crippen LogP contribution < -0.4 is 5.73 Å². The molecule has 0 amide bonds. The summed E-state index contributed by atoms with van der Waals surface area (Å²) in [7, 11) is 2.20. The minimum absolute atomic E-state index is 0.426. The number of thiophene rings is 1. The molecule has 0 saturated heterocycles. The fraction of sp³-hybridized carbons (Fsp3) is 0.571. The van der Waals surface area contributed by atoms with Crippen LogP contribution in [0.25, 0.3) is 0 Å². The Bertz CT molecular complexity index is 403. The fourth-order valence-corrected chi connectivity index (χ4v) is 3.59. The van der Waals surface area contributed by atoms with Crippen molar-refractivity contribution >= 4 is 23.1 Å². The SMILES string of the molecule is CCC(CSC)N(C)Cc1sccc1C#CCN. The van der Waals surface area contributed by atoms with Crippen LogP contribution in [0.1, 0.15) is 23.8 Å². The Labute approximate surface area is 119 Å². The number of nitrogens with zero attached hydrogens (tertiary/aromatic N) is 1. The molecule has 2 nitrogen and oxygen atoms in total. The van der Waals surface area contributed by atoms with Crippen molar-refractivity contribution in [2.24, 2.45) is 5.73 Å². The first kappa shape index (κ1) is 15.6. The van der Waals surface area contributed by atoms with Crippen LogP contribution in [0.2, 0.25) is 0 Å². The first-order valence-corrected chi connectivity index (χ1v) is 8.44. The summed E-state index contributed by atoms with van der Waals surface area (Å²) in [5.41, 5.74) is 6.56. The summed E-state index contributed by atoms with van der Waals surface area (Å²) in [4.78, 5) is 3.77. The average molecular weight is 282 g/mol. The number of hydrogen-bond donors (Lipinski definition) is 1. The maximum atomic E-state index is 5.42. The molecule has 1 heterocycles. The number of thioether (sulfide) groups is 1. The molecule has 0 radical (unpaired) electrons. The van der Waals surface area contributed by atoms with Gasteiger partial charge in [0, 0.05) is 28.8 Å². The van der Waals surface area contributed by atoms with Crippen LogP contribution in [0.15, 0.2) is 11.4 Å². The van der Waals surface area contributed by atoms with Gasteiger partial charge in [-0.3, -0.25) is 4.90 Å². The summed E-state index contributed by atoms with van der Waals surface area (Å²) in [6.07, 6.45) is 3.35. The number of rotatable bonds is 6. The molecular formula is C14H22N2S2. The molecule has 1 aromatic heterocycles. The van der Waals surface area contributed by atoms with Crippen LogP contribution >= 0.6 is 23.1 Å². The van der Waals surface area contributed by atoms with Gasteiger partial charge in [0.25, 0.3) is 0 Å². The molecule has 18 heavy (non-hydrogen) atoms. The van der Waals surface area contributed by atoms with Gasteiger partial charge in [-0.2, -0.15) is 11.8 Å². The predicted molar refractivity (Wildman–Crippen MR) is 84.2 cm³/mol. The van der Waals surface area contributed by atoms with Crippen LogP contribution in [-0.2, 0) is 6.54 Å². The molecule has 0 aliphatic rings. The van der Waals surface area contributed by atoms with Crippen molar-refractivity contribution in [2.75, 3.05) is 25.6 Å². The van der Waals surface area contributed by atoms with Crippen LogP contribution in [0.5, 0.6) is 0 Å². The van der Waals surface area contributed by atoms with E-state index >= 15 is 0 Å². The van der Waals surface area contributed by atoms with Gasteiger partial charge in [-0.25, -0.2) is 0 Å². The van der Waals surface area contributed by atoms with Gasteiger partial charge in [-0.05, 0) is 31.2 Å². The second-order valence-electron chi connectivity index (χ2n) is 4.20. The number of hydrogen-bond acceptors (Lipinski definition) is 4. The van der Waals surface area contributed by atoms with Gasteiger partial charge >= 0.3 is 0 Å². The molecule has 2 N–H and O–H groups in total. The largest absolute Gasteiger partial charge is 0.320 e. The van der Waals surface area contributed by atoms with Crippen LogP contribution in [0.3, 0.4) is 0 Å². The lowest BCUT2D eigenvalue weighted by Gasteiger charge is -2.26. The van der Waals surface area contributed by atoms with Gasteiger partial charge in [0.1, 0.15) is 0 Å². The minimum atomic E-state index is 0.426. The van der Waals surface area contributed by atoms with Gasteiger partial charge in [0.15, 0.2) is 0 Å². The maximum Gasteiger partial charge on any atom is 0.0555 e. The smallest absolute Gasteiger partial charge is 0.0555 e. The van der Waals surface area contributed by atoms with E-state index in [0.717, 1.165) is 12.1 Å². The van der Waals surface area contributed by atoms with E-state index in [9.17, 15) is 0 Å². The number of nitrogens with two attached hydrogens (primary N) is 1. The van der Waals surface area contributed by atoms with Gasteiger partial charge in [-0.1, -0.05) is 18.8 Å². The zero-order chi connectivity index (χ0) is 13.4. The van der Waals surface area contributed by atoms with Gasteiger partial charge in [0.05, 0.1) is 6.54 Å². The van der Waals surface area contributed by atoms with Crippen molar-refractivity contribution in [3.63, 3.8) is 0 Å². The Hall–Kier alpha value is -0.470. The lowest BCUT2D eigenvalue weighted by atomic mass is 10.2. The molecule has 0 saturated carbocycles. The standard InChI is InChI=1S/C14H22N2S2/c1-4-13(11-17-3)16(2)10-14-12(6-5-8-15)7-9-18-14/h7,9,13H,4,8,10-11,15H2,1-3H3. The van der Waals surface area contributed by atoms with E-state index in [0.29, 0.717) is 12.6 Å². The van der Waals surface area contributed by atoms with E-state index in [-0.39, 0.29) is 0 Å². The van der Waals surface area contributed by atoms with E-state index in [2.05, 4.69) is 48.4 Å². The molecule has 1 rings (SSSR count). The highest BCUT2D eigenvalue weighted by atomic mass is 32.2. The Kier molecular flexibility index (Phi) is 7.45. The lowest BCUT2D eigenvalue weighted by Crippen LogP contribution is -2.32. The summed E-state index contributed by atoms with van der Waals surface area (Å²) in [6, 6.07) is 2.73. The molecule has 1 atom stereocenters. The Morgan fingerprint density at radius 2 is 2.33 bits per heavy atom. The molecule has 0 aromatic carbocycles. The quantitative estimate of drug-likeness (QED) is 0.813. The van der Waals surface area contributed by atoms with Crippen molar-refractivity contribution in [2.45, 2.75) is 25.9 Å². The van der Waals surface area contributed by atoms with Crippen LogP contribution in [-0.4, -0.2) is 36.5 Å². The topological polar surface area (TPSA) is 29.3 Å². The molecular weight excluding hydrogens is 260 g/mol. The second kappa shape index (κ2) is 8.60. The Balaban J connectivity index is 2.68. The van der Waals surface area contributed by atoms with Gasteiger partial charge < -0.3 is 5.73 Å². The molecule has 1 unspecified atom stereocenters. The zero-order valence-corrected chi connectivity index (χ0v) is 13.0. The molecule has 0 bridgehead atoms. The lowest BCUT2D eigenvalue weighted by molar-refractivity contribution is 0.250. The third-order valence-electron chi connectivity index (χ3n) is 2.92. The van der Waals surface area contributed by atoms with Crippen LogP contribution in [0.4, 0.5) is 0 Å². The maximum absolute atomic E-state index is 5.42. The van der Waals surface area contributed by atoms with Crippen molar-refractivity contribution < 1.29 is 0 Å². The third kappa shape index (κ3) is 4.66. The minimum Gasteiger partial charge on any atom is -0.320 e. The van der Waals surface area contributed by atoms with E-state index in [4.69, 9.17) is 5.73 Å². The second-order valence-corrected chi connectivity index (χ2v) is 6.11. The molecule has 0 aliphatic heterocycles. The molecule has 1 aromatic rings. The van der Waals surface area contributed by atoms with E-state index in [1.807, 2.05) is 11.8 Å². The van der Waals surface area contributed by atoms with Crippen molar-refractivity contribution in [1.29, 1.82) is 0 Å². The summed E-state index contributed by atoms with van der Waals surface area (Å²) >= 11 is 3.69. The van der Waals surface area contributed by atoms with Crippen LogP contribution in [0, 0.1) is 11.8 Å². The Morgan fingerprint density at radius 1 is 1.56 bits per heavy atom. The summed E-state index contributed by atoms with van der Waals surface area (Å²) in [6.45, 7) is 3.65. The predicted octanol–water partition coefficient (Wildman–Crippen LogP) is 2.63. The summed E-state index contributed by atoms with van der Waals surface area (Å²) < 4.78 is 0. The zero-order valence-electron chi connectivity index (χ0n) is 11.4. The summed E-state index contributed by atoms with van der Waals surface area (Å²) in [5.74, 6) is 7.27. The van der Waals surface area contributed by atoms with Crippen molar-refractivity contribution in [1.82, 2.24) is 4.90 Å². The molecule has 0 fully saturated rings. The van der Waals surface area contributed by atoms with Gasteiger partial charge in [0.2, 0.25) is 0 Å². The van der Waals surface area contributed by atoms with E-state index < -0.39 is 0 Å². The monoisotopic (exact) mass is 282 g/mol. The first-order valence-electron chi connectivity index (χ1n) is 6.17. The highest BCUT2D eigenvalue weighted by Gasteiger charge is 2.14. The summed E-state index contributed by atoms with van der Waals surface area (Å²) in [5, 5.41) is 2.11. The molecule has 0 aliphatic carbocycles. The molecule has 100 valence electrons. The average Bonchev–Trinajstić information content (AvgIpc) is 2.80. The highest BCUT2D eigenvalue weighted by Crippen LogP contribution is 2.20. The first-order chi connectivity index (χ1) is 8.72. The third-order valence-corrected chi connectivity index (χ3v) is 4.54. The highest BCUT2D eigenvalue weighted by molar-refractivity contribution is 7.98. The van der Waals surface area contributed by atoms with E-state index in [1.54, 1.807) is 11.3 Å². The van der Waals surface area contributed by atoms with Crippen molar-refractivity contribution in [3.05, 3.63) is 21.9 Å².